The highest BCUT2D eigenvalue weighted by atomic mass is 16.5. The van der Waals surface area contributed by atoms with Crippen molar-refractivity contribution < 1.29 is 9.32 Å². The summed E-state index contributed by atoms with van der Waals surface area (Å²) in [5.74, 6) is 1.12. The number of anilines is 3. The topological polar surface area (TPSA) is 80.0 Å². The Balaban J connectivity index is 1.47. The fraction of sp³-hybridized carbons (Fsp3) is 0.250. The number of para-hydroxylation sites is 1. The van der Waals surface area contributed by atoms with Crippen LogP contribution in [-0.2, 0) is 17.6 Å². The molecular formula is C20H22N4O2. The van der Waals surface area contributed by atoms with Crippen molar-refractivity contribution in [2.24, 2.45) is 0 Å². The highest BCUT2D eigenvalue weighted by Crippen LogP contribution is 2.18. The smallest absolute Gasteiger partial charge is 0.227 e. The zero-order valence-electron chi connectivity index (χ0n) is 14.7. The third-order valence-electron chi connectivity index (χ3n) is 3.78. The molecule has 3 rings (SSSR count). The van der Waals surface area contributed by atoms with Gasteiger partial charge in [0, 0.05) is 36.3 Å². The number of hydrogen-bond donors (Lipinski definition) is 2. The molecule has 0 aliphatic rings. The second kappa shape index (κ2) is 8.80. The fourth-order valence-corrected chi connectivity index (χ4v) is 2.49. The predicted molar refractivity (Wildman–Crippen MR) is 101 cm³/mol. The minimum atomic E-state index is -0.0796. The van der Waals surface area contributed by atoms with E-state index in [2.05, 4.69) is 27.7 Å². The zero-order valence-corrected chi connectivity index (χ0v) is 14.7. The van der Waals surface area contributed by atoms with Gasteiger partial charge >= 0.3 is 0 Å². The third-order valence-corrected chi connectivity index (χ3v) is 3.78. The number of carbonyl (C=O) groups excluding carboxylic acids is 1. The lowest BCUT2D eigenvalue weighted by atomic mass is 10.2. The van der Waals surface area contributed by atoms with E-state index in [4.69, 9.17) is 4.52 Å². The Bertz CT molecular complexity index is 829. The minimum Gasteiger partial charge on any atom is -0.356 e. The number of nitrogens with one attached hydrogen (secondary N) is 2. The second-order valence-electron chi connectivity index (χ2n) is 5.97. The lowest BCUT2D eigenvalue weighted by molar-refractivity contribution is -0.116. The van der Waals surface area contributed by atoms with Gasteiger partial charge in [0.15, 0.2) is 5.82 Å². The molecule has 1 aromatic heterocycles. The Hall–Kier alpha value is -3.15. The van der Waals surface area contributed by atoms with Crippen LogP contribution in [0.3, 0.4) is 0 Å². The molecule has 6 nitrogen and oxygen atoms in total. The SMILES string of the molecule is CCCc1noc(CCC(=O)Nc2ccc(Nc3ccccc3)cc2)n1. The van der Waals surface area contributed by atoms with E-state index in [1.165, 1.54) is 0 Å². The Morgan fingerprint density at radius 3 is 2.38 bits per heavy atom. The Morgan fingerprint density at radius 1 is 0.962 bits per heavy atom. The summed E-state index contributed by atoms with van der Waals surface area (Å²) < 4.78 is 5.14. The molecule has 6 heteroatoms. The average Bonchev–Trinajstić information content (AvgIpc) is 3.10. The first-order valence-corrected chi connectivity index (χ1v) is 8.76. The van der Waals surface area contributed by atoms with E-state index in [0.29, 0.717) is 24.6 Å². The van der Waals surface area contributed by atoms with Gasteiger partial charge in [0.2, 0.25) is 11.8 Å². The number of aromatic nitrogens is 2. The molecule has 26 heavy (non-hydrogen) atoms. The summed E-state index contributed by atoms with van der Waals surface area (Å²) in [5, 5.41) is 10.1. The summed E-state index contributed by atoms with van der Waals surface area (Å²) in [5.41, 5.74) is 2.74. The van der Waals surface area contributed by atoms with Gasteiger partial charge in [0.1, 0.15) is 0 Å². The molecule has 0 fully saturated rings. The summed E-state index contributed by atoms with van der Waals surface area (Å²) in [7, 11) is 0. The maximum absolute atomic E-state index is 12.1. The average molecular weight is 350 g/mol. The van der Waals surface area contributed by atoms with Crippen LogP contribution in [-0.4, -0.2) is 16.0 Å². The number of benzene rings is 2. The highest BCUT2D eigenvalue weighted by Gasteiger charge is 2.09. The second-order valence-corrected chi connectivity index (χ2v) is 5.97. The van der Waals surface area contributed by atoms with Gasteiger partial charge in [-0.1, -0.05) is 30.3 Å². The van der Waals surface area contributed by atoms with Crippen molar-refractivity contribution in [1.82, 2.24) is 10.1 Å². The van der Waals surface area contributed by atoms with Crippen LogP contribution in [0.2, 0.25) is 0 Å². The van der Waals surface area contributed by atoms with Gasteiger partial charge in [0.25, 0.3) is 0 Å². The zero-order chi connectivity index (χ0) is 18.2. The van der Waals surface area contributed by atoms with Gasteiger partial charge in [-0.15, -0.1) is 0 Å². The van der Waals surface area contributed by atoms with E-state index in [1.54, 1.807) is 0 Å². The van der Waals surface area contributed by atoms with Crippen LogP contribution in [0, 0.1) is 0 Å². The molecular weight excluding hydrogens is 328 g/mol. The lowest BCUT2D eigenvalue weighted by Gasteiger charge is -2.08. The number of carbonyl (C=O) groups is 1. The minimum absolute atomic E-state index is 0.0796. The predicted octanol–water partition coefficient (Wildman–Crippen LogP) is 4.34. The van der Waals surface area contributed by atoms with Gasteiger partial charge in [-0.3, -0.25) is 4.79 Å². The first-order valence-electron chi connectivity index (χ1n) is 8.76. The molecule has 1 heterocycles. The van der Waals surface area contributed by atoms with Crippen molar-refractivity contribution in [3.8, 4) is 0 Å². The number of rotatable bonds is 8. The van der Waals surface area contributed by atoms with Crippen LogP contribution >= 0.6 is 0 Å². The van der Waals surface area contributed by atoms with Crippen LogP contribution in [0.1, 0.15) is 31.5 Å². The fourth-order valence-electron chi connectivity index (χ4n) is 2.49. The quantitative estimate of drug-likeness (QED) is 0.632. The Labute approximate surface area is 152 Å². The first kappa shape index (κ1) is 17.7. The summed E-state index contributed by atoms with van der Waals surface area (Å²) in [6, 6.07) is 17.5. The maximum Gasteiger partial charge on any atom is 0.227 e. The molecule has 1 amide bonds. The van der Waals surface area contributed by atoms with Crippen LogP contribution in [0.5, 0.6) is 0 Å². The largest absolute Gasteiger partial charge is 0.356 e. The van der Waals surface area contributed by atoms with Crippen molar-refractivity contribution in [2.75, 3.05) is 10.6 Å². The maximum atomic E-state index is 12.1. The van der Waals surface area contributed by atoms with E-state index in [9.17, 15) is 4.79 Å². The highest BCUT2D eigenvalue weighted by molar-refractivity contribution is 5.91. The van der Waals surface area contributed by atoms with Crippen molar-refractivity contribution in [1.29, 1.82) is 0 Å². The summed E-state index contributed by atoms with van der Waals surface area (Å²) in [4.78, 5) is 16.3. The molecule has 2 N–H and O–H groups in total. The molecule has 0 aliphatic heterocycles. The van der Waals surface area contributed by atoms with E-state index in [-0.39, 0.29) is 5.91 Å². The molecule has 0 saturated carbocycles. The molecule has 0 bridgehead atoms. The Morgan fingerprint density at radius 2 is 1.65 bits per heavy atom. The first-order chi connectivity index (χ1) is 12.7. The molecule has 0 aliphatic carbocycles. The number of amides is 1. The van der Waals surface area contributed by atoms with Gasteiger partial charge in [-0.25, -0.2) is 0 Å². The van der Waals surface area contributed by atoms with E-state index < -0.39 is 0 Å². The standard InChI is InChI=1S/C20H22N4O2/c1-2-6-18-23-20(26-24-18)14-13-19(25)22-17-11-9-16(10-12-17)21-15-7-4-3-5-8-15/h3-5,7-12,21H,2,6,13-14H2,1H3,(H,22,25). The normalized spacial score (nSPS) is 10.5. The molecule has 0 unspecified atom stereocenters. The van der Waals surface area contributed by atoms with Crippen LogP contribution in [0.15, 0.2) is 59.1 Å². The molecule has 3 aromatic rings. The molecule has 0 saturated heterocycles. The van der Waals surface area contributed by atoms with E-state index in [1.807, 2.05) is 54.6 Å². The number of aryl methyl sites for hydroxylation is 2. The molecule has 0 atom stereocenters. The van der Waals surface area contributed by atoms with Crippen molar-refractivity contribution in [3.63, 3.8) is 0 Å². The molecule has 2 aromatic carbocycles. The monoisotopic (exact) mass is 350 g/mol. The summed E-state index contributed by atoms with van der Waals surface area (Å²) in [6.45, 7) is 2.06. The Kier molecular flexibility index (Phi) is 5.98. The number of hydrogen-bond acceptors (Lipinski definition) is 5. The molecule has 0 radical (unpaired) electrons. The van der Waals surface area contributed by atoms with E-state index in [0.717, 1.165) is 29.9 Å². The van der Waals surface area contributed by atoms with Gasteiger partial charge in [0.05, 0.1) is 0 Å². The van der Waals surface area contributed by atoms with Crippen molar-refractivity contribution in [2.45, 2.75) is 32.6 Å². The van der Waals surface area contributed by atoms with Crippen LogP contribution < -0.4 is 10.6 Å². The van der Waals surface area contributed by atoms with Gasteiger partial charge in [-0.2, -0.15) is 4.98 Å². The van der Waals surface area contributed by atoms with E-state index >= 15 is 0 Å². The van der Waals surface area contributed by atoms with Gasteiger partial charge in [-0.05, 0) is 42.8 Å². The summed E-state index contributed by atoms with van der Waals surface area (Å²) in [6.07, 6.45) is 2.50. The van der Waals surface area contributed by atoms with Crippen LogP contribution in [0.4, 0.5) is 17.1 Å². The lowest BCUT2D eigenvalue weighted by Crippen LogP contribution is -2.12. The molecule has 134 valence electrons. The third kappa shape index (κ3) is 5.17. The summed E-state index contributed by atoms with van der Waals surface area (Å²) >= 11 is 0. The van der Waals surface area contributed by atoms with Gasteiger partial charge < -0.3 is 15.2 Å². The van der Waals surface area contributed by atoms with Crippen molar-refractivity contribution >= 4 is 23.0 Å². The van der Waals surface area contributed by atoms with Crippen LogP contribution in [0.25, 0.3) is 0 Å². The molecule has 0 spiro atoms. The number of nitrogens with zero attached hydrogens (tertiary/aromatic N) is 2. The van der Waals surface area contributed by atoms with Crippen molar-refractivity contribution in [3.05, 3.63) is 66.3 Å².